The van der Waals surface area contributed by atoms with Crippen LogP contribution in [0.15, 0.2) is 16.8 Å². The lowest BCUT2D eigenvalue weighted by Gasteiger charge is -2.36. The molecule has 0 aromatic carbocycles. The number of nitrogens with zero attached hydrogens (tertiary/aromatic N) is 2. The predicted octanol–water partition coefficient (Wildman–Crippen LogP) is 1.41. The number of hydrogen-bond acceptors (Lipinski definition) is 4. The SMILES string of the molecule is CC1(N)CCN(Cc2ccno2)CC1.Cl. The highest BCUT2D eigenvalue weighted by Gasteiger charge is 2.25. The quantitative estimate of drug-likeness (QED) is 0.836. The van der Waals surface area contributed by atoms with Crippen molar-refractivity contribution < 1.29 is 4.52 Å². The molecule has 0 unspecified atom stereocenters. The van der Waals surface area contributed by atoms with E-state index < -0.39 is 0 Å². The van der Waals surface area contributed by atoms with Crippen LogP contribution in [0.4, 0.5) is 0 Å². The van der Waals surface area contributed by atoms with Gasteiger partial charge in [-0.1, -0.05) is 5.16 Å². The molecule has 1 aromatic rings. The van der Waals surface area contributed by atoms with Crippen LogP contribution in [0, 0.1) is 0 Å². The maximum absolute atomic E-state index is 6.05. The molecular weight excluding hydrogens is 214 g/mol. The average molecular weight is 232 g/mol. The van der Waals surface area contributed by atoms with Gasteiger partial charge in [0.25, 0.3) is 0 Å². The highest BCUT2D eigenvalue weighted by atomic mass is 35.5. The second kappa shape index (κ2) is 4.96. The van der Waals surface area contributed by atoms with Crippen LogP contribution in [0.25, 0.3) is 0 Å². The second-order valence-electron chi connectivity index (χ2n) is 4.41. The molecule has 0 saturated carbocycles. The normalized spacial score (nSPS) is 20.9. The Labute approximate surface area is 96.2 Å². The number of hydrogen-bond donors (Lipinski definition) is 1. The van der Waals surface area contributed by atoms with Crippen LogP contribution in [-0.4, -0.2) is 28.7 Å². The second-order valence-corrected chi connectivity index (χ2v) is 4.41. The lowest BCUT2D eigenvalue weighted by molar-refractivity contribution is 0.151. The van der Waals surface area contributed by atoms with Crippen molar-refractivity contribution in [3.05, 3.63) is 18.0 Å². The number of halogens is 1. The Morgan fingerprint density at radius 2 is 2.20 bits per heavy atom. The Hall–Kier alpha value is -0.580. The average Bonchev–Trinajstić information content (AvgIpc) is 2.61. The van der Waals surface area contributed by atoms with Crippen LogP contribution in [0.1, 0.15) is 25.5 Å². The third-order valence-electron chi connectivity index (χ3n) is 2.87. The van der Waals surface area contributed by atoms with E-state index in [0.29, 0.717) is 0 Å². The number of piperidine rings is 1. The van der Waals surface area contributed by atoms with Gasteiger partial charge in [-0.15, -0.1) is 12.4 Å². The zero-order valence-electron chi connectivity index (χ0n) is 8.98. The summed E-state index contributed by atoms with van der Waals surface area (Å²) in [5.74, 6) is 0.936. The fourth-order valence-corrected chi connectivity index (χ4v) is 1.77. The van der Waals surface area contributed by atoms with Crippen molar-refractivity contribution in [1.82, 2.24) is 10.1 Å². The predicted molar refractivity (Wildman–Crippen MR) is 60.9 cm³/mol. The summed E-state index contributed by atoms with van der Waals surface area (Å²) in [6.45, 7) is 5.08. The van der Waals surface area contributed by atoms with E-state index in [-0.39, 0.29) is 17.9 Å². The molecule has 0 radical (unpaired) electrons. The van der Waals surface area contributed by atoms with Gasteiger partial charge >= 0.3 is 0 Å². The van der Waals surface area contributed by atoms with Crippen molar-refractivity contribution in [3.8, 4) is 0 Å². The summed E-state index contributed by atoms with van der Waals surface area (Å²) in [4.78, 5) is 2.36. The molecule has 1 aliphatic rings. The summed E-state index contributed by atoms with van der Waals surface area (Å²) in [6.07, 6.45) is 3.80. The molecule has 5 heteroatoms. The molecule has 15 heavy (non-hydrogen) atoms. The minimum atomic E-state index is 0. The van der Waals surface area contributed by atoms with E-state index in [0.717, 1.165) is 38.2 Å². The Morgan fingerprint density at radius 3 is 2.73 bits per heavy atom. The highest BCUT2D eigenvalue weighted by Crippen LogP contribution is 2.19. The van der Waals surface area contributed by atoms with Crippen LogP contribution in [0.2, 0.25) is 0 Å². The zero-order chi connectivity index (χ0) is 10.0. The van der Waals surface area contributed by atoms with E-state index in [2.05, 4.69) is 17.0 Å². The Bertz CT molecular complexity index is 277. The summed E-state index contributed by atoms with van der Waals surface area (Å²) in [7, 11) is 0. The standard InChI is InChI=1S/C10H17N3O.ClH/c1-10(11)3-6-13(7-4-10)8-9-2-5-12-14-9;/h2,5H,3-4,6-8,11H2,1H3;1H. The summed E-state index contributed by atoms with van der Waals surface area (Å²) < 4.78 is 5.07. The van der Waals surface area contributed by atoms with Crippen molar-refractivity contribution in [2.24, 2.45) is 5.73 Å². The van der Waals surface area contributed by atoms with Crippen LogP contribution >= 0.6 is 12.4 Å². The van der Waals surface area contributed by atoms with Crippen molar-refractivity contribution in [1.29, 1.82) is 0 Å². The summed E-state index contributed by atoms with van der Waals surface area (Å²) in [5.41, 5.74) is 6.08. The Balaban J connectivity index is 0.00000112. The smallest absolute Gasteiger partial charge is 0.150 e. The van der Waals surface area contributed by atoms with Crippen molar-refractivity contribution in [2.45, 2.75) is 31.8 Å². The largest absolute Gasteiger partial charge is 0.360 e. The molecule has 4 nitrogen and oxygen atoms in total. The first-order valence-corrected chi connectivity index (χ1v) is 5.06. The molecule has 0 aliphatic carbocycles. The van der Waals surface area contributed by atoms with Gasteiger partial charge in [0.05, 0.1) is 12.7 Å². The number of likely N-dealkylation sites (tertiary alicyclic amines) is 1. The van der Waals surface area contributed by atoms with Gasteiger partial charge in [0.2, 0.25) is 0 Å². The van der Waals surface area contributed by atoms with E-state index in [1.165, 1.54) is 0 Å². The van der Waals surface area contributed by atoms with E-state index >= 15 is 0 Å². The molecule has 2 N–H and O–H groups in total. The van der Waals surface area contributed by atoms with Crippen LogP contribution in [0.5, 0.6) is 0 Å². The molecule has 1 aliphatic heterocycles. The van der Waals surface area contributed by atoms with E-state index in [4.69, 9.17) is 10.3 Å². The fraction of sp³-hybridized carbons (Fsp3) is 0.700. The molecule has 0 atom stereocenters. The summed E-state index contributed by atoms with van der Waals surface area (Å²) in [5, 5.41) is 3.69. The minimum Gasteiger partial charge on any atom is -0.360 e. The first kappa shape index (κ1) is 12.5. The number of aromatic nitrogens is 1. The number of nitrogens with two attached hydrogens (primary N) is 1. The molecular formula is C10H18ClN3O. The fourth-order valence-electron chi connectivity index (χ4n) is 1.77. The van der Waals surface area contributed by atoms with Gasteiger partial charge in [0.1, 0.15) is 0 Å². The minimum absolute atomic E-state index is 0. The Morgan fingerprint density at radius 1 is 1.53 bits per heavy atom. The third-order valence-corrected chi connectivity index (χ3v) is 2.87. The molecule has 0 bridgehead atoms. The third kappa shape index (κ3) is 3.48. The van der Waals surface area contributed by atoms with E-state index in [9.17, 15) is 0 Å². The maximum atomic E-state index is 6.05. The molecule has 0 amide bonds. The molecule has 86 valence electrons. The maximum Gasteiger partial charge on any atom is 0.150 e. The van der Waals surface area contributed by atoms with Gasteiger partial charge in [0, 0.05) is 24.7 Å². The molecule has 1 aromatic heterocycles. The van der Waals surface area contributed by atoms with E-state index in [1.807, 2.05) is 6.07 Å². The molecule has 1 saturated heterocycles. The first-order valence-electron chi connectivity index (χ1n) is 5.06. The lowest BCUT2D eigenvalue weighted by atomic mass is 9.91. The Kier molecular flexibility index (Phi) is 4.13. The van der Waals surface area contributed by atoms with Gasteiger partial charge in [-0.25, -0.2) is 0 Å². The van der Waals surface area contributed by atoms with Crippen molar-refractivity contribution in [3.63, 3.8) is 0 Å². The van der Waals surface area contributed by atoms with Gasteiger partial charge in [-0.2, -0.15) is 0 Å². The van der Waals surface area contributed by atoms with Crippen LogP contribution in [0.3, 0.4) is 0 Å². The van der Waals surface area contributed by atoms with Crippen molar-refractivity contribution in [2.75, 3.05) is 13.1 Å². The van der Waals surface area contributed by atoms with Crippen molar-refractivity contribution >= 4 is 12.4 Å². The molecule has 2 rings (SSSR count). The van der Waals surface area contributed by atoms with Gasteiger partial charge in [-0.3, -0.25) is 4.90 Å². The lowest BCUT2D eigenvalue weighted by Crippen LogP contribution is -2.47. The molecule has 1 fully saturated rings. The molecule has 2 heterocycles. The summed E-state index contributed by atoms with van der Waals surface area (Å²) >= 11 is 0. The van der Waals surface area contributed by atoms with Gasteiger partial charge in [0.15, 0.2) is 5.76 Å². The monoisotopic (exact) mass is 231 g/mol. The molecule has 0 spiro atoms. The number of rotatable bonds is 2. The topological polar surface area (TPSA) is 55.3 Å². The van der Waals surface area contributed by atoms with Crippen LogP contribution < -0.4 is 5.73 Å². The zero-order valence-corrected chi connectivity index (χ0v) is 9.80. The van der Waals surface area contributed by atoms with Gasteiger partial charge in [-0.05, 0) is 19.8 Å². The van der Waals surface area contributed by atoms with E-state index in [1.54, 1.807) is 6.20 Å². The highest BCUT2D eigenvalue weighted by molar-refractivity contribution is 5.85. The van der Waals surface area contributed by atoms with Crippen LogP contribution in [-0.2, 0) is 6.54 Å². The first-order chi connectivity index (χ1) is 6.66. The summed E-state index contributed by atoms with van der Waals surface area (Å²) in [6, 6.07) is 1.91. The van der Waals surface area contributed by atoms with Gasteiger partial charge < -0.3 is 10.3 Å².